The van der Waals surface area contributed by atoms with Crippen molar-refractivity contribution in [3.63, 3.8) is 0 Å². The predicted molar refractivity (Wildman–Crippen MR) is 67.4 cm³/mol. The molecule has 2 aromatic carbocycles. The minimum absolute atomic E-state index is 0.115. The third kappa shape index (κ3) is 1.80. The van der Waals surface area contributed by atoms with Crippen LogP contribution in [0, 0.1) is 0 Å². The highest BCUT2D eigenvalue weighted by Crippen LogP contribution is 2.24. The summed E-state index contributed by atoms with van der Waals surface area (Å²) in [7, 11) is 0. The summed E-state index contributed by atoms with van der Waals surface area (Å²) in [5.74, 6) is -1.15. The number of fused-ring (bicyclic) bond motifs is 1. The van der Waals surface area contributed by atoms with E-state index in [-0.39, 0.29) is 5.75 Å². The van der Waals surface area contributed by atoms with E-state index in [0.717, 1.165) is 10.7 Å². The quantitative estimate of drug-likeness (QED) is 0.522. The van der Waals surface area contributed by atoms with Gasteiger partial charge in [-0.1, -0.05) is 24.3 Å². The number of anilines is 1. The molecule has 3 rings (SSSR count). The predicted octanol–water partition coefficient (Wildman–Crippen LogP) is 0.327. The highest BCUT2D eigenvalue weighted by atomic mass is 16.3. The number of para-hydroxylation sites is 4. The second-order valence-electron chi connectivity index (χ2n) is 4.08. The maximum Gasteiger partial charge on any atom is 0.285 e. The van der Waals surface area contributed by atoms with Gasteiger partial charge in [0.2, 0.25) is 0 Å². The topological polar surface area (TPSA) is 83.0 Å². The normalized spacial score (nSPS) is 15.4. The molecule has 0 spiro atoms. The molecule has 1 aliphatic heterocycles. The second-order valence-corrected chi connectivity index (χ2v) is 4.08. The Kier molecular flexibility index (Phi) is 2.28. The highest BCUT2D eigenvalue weighted by molar-refractivity contribution is 5.56. The molecule has 0 radical (unpaired) electrons. The molecule has 0 amide bonds. The molecule has 0 aromatic heterocycles. The van der Waals surface area contributed by atoms with Crippen molar-refractivity contribution in [2.45, 2.75) is 5.91 Å². The van der Waals surface area contributed by atoms with E-state index in [1.165, 1.54) is 0 Å². The molecule has 5 heteroatoms. The van der Waals surface area contributed by atoms with Crippen molar-refractivity contribution in [3.05, 3.63) is 59.2 Å². The van der Waals surface area contributed by atoms with Crippen LogP contribution in [-0.4, -0.2) is 11.0 Å². The van der Waals surface area contributed by atoms with Crippen LogP contribution >= 0.6 is 0 Å². The number of nitrogens with two attached hydrogens (primary N) is 1. The summed E-state index contributed by atoms with van der Waals surface area (Å²) in [4.78, 5) is 8.62. The third-order valence-corrected chi connectivity index (χ3v) is 2.69. The van der Waals surface area contributed by atoms with Crippen LogP contribution in [0.15, 0.2) is 58.5 Å². The molecule has 18 heavy (non-hydrogen) atoms. The Hall–Kier alpha value is -2.40. The van der Waals surface area contributed by atoms with Crippen molar-refractivity contribution in [2.24, 2.45) is 15.7 Å². The summed E-state index contributed by atoms with van der Waals surface area (Å²) in [6, 6.07) is 14.3. The van der Waals surface area contributed by atoms with Crippen molar-refractivity contribution in [2.75, 3.05) is 5.32 Å². The van der Waals surface area contributed by atoms with Crippen LogP contribution in [0.1, 0.15) is 0 Å². The van der Waals surface area contributed by atoms with E-state index in [2.05, 4.69) is 15.3 Å². The zero-order valence-corrected chi connectivity index (χ0v) is 9.54. The first-order valence-electron chi connectivity index (χ1n) is 5.56. The lowest BCUT2D eigenvalue weighted by Crippen LogP contribution is -2.43. The summed E-state index contributed by atoms with van der Waals surface area (Å²) in [6.45, 7) is 0. The van der Waals surface area contributed by atoms with Gasteiger partial charge in [0.15, 0.2) is 0 Å². The Bertz CT molecular complexity index is 676. The molecule has 0 atom stereocenters. The number of hydrogen-bond acceptors (Lipinski definition) is 5. The lowest BCUT2D eigenvalue weighted by atomic mass is 10.3. The van der Waals surface area contributed by atoms with Gasteiger partial charge in [-0.15, -0.1) is 0 Å². The Labute approximate surface area is 103 Å². The molecule has 5 nitrogen and oxygen atoms in total. The largest absolute Gasteiger partial charge is 0.506 e. The first-order valence-corrected chi connectivity index (χ1v) is 5.56. The Morgan fingerprint density at radius 2 is 1.50 bits per heavy atom. The molecule has 0 saturated heterocycles. The SMILES string of the molecule is NC1(Nc2ccccc2O)N=c2ccccc2=N1. The Balaban J connectivity index is 2.00. The van der Waals surface area contributed by atoms with E-state index in [1.54, 1.807) is 24.3 Å². The molecule has 1 aliphatic rings. The first kappa shape index (κ1) is 10.7. The van der Waals surface area contributed by atoms with Crippen molar-refractivity contribution >= 4 is 5.69 Å². The van der Waals surface area contributed by atoms with Gasteiger partial charge in [0, 0.05) is 0 Å². The highest BCUT2D eigenvalue weighted by Gasteiger charge is 2.26. The molecular weight excluding hydrogens is 228 g/mol. The van der Waals surface area contributed by atoms with E-state index in [0.29, 0.717) is 5.69 Å². The van der Waals surface area contributed by atoms with E-state index in [9.17, 15) is 5.11 Å². The third-order valence-electron chi connectivity index (χ3n) is 2.69. The molecule has 1 heterocycles. The summed E-state index contributed by atoms with van der Waals surface area (Å²) < 4.78 is 0. The van der Waals surface area contributed by atoms with E-state index in [1.807, 2.05) is 24.3 Å². The molecule has 0 aliphatic carbocycles. The van der Waals surface area contributed by atoms with Crippen LogP contribution in [0.4, 0.5) is 5.69 Å². The van der Waals surface area contributed by atoms with Gasteiger partial charge < -0.3 is 10.4 Å². The van der Waals surface area contributed by atoms with E-state index >= 15 is 0 Å². The molecule has 2 aromatic rings. The molecule has 0 saturated carbocycles. The molecule has 0 bridgehead atoms. The average molecular weight is 240 g/mol. The van der Waals surface area contributed by atoms with Crippen LogP contribution in [0.5, 0.6) is 5.75 Å². The van der Waals surface area contributed by atoms with Crippen molar-refractivity contribution < 1.29 is 5.11 Å². The van der Waals surface area contributed by atoms with Crippen LogP contribution in [0.2, 0.25) is 0 Å². The average Bonchev–Trinajstić information content (AvgIpc) is 2.68. The van der Waals surface area contributed by atoms with Crippen LogP contribution < -0.4 is 21.8 Å². The molecule has 0 unspecified atom stereocenters. The van der Waals surface area contributed by atoms with Crippen LogP contribution in [0.3, 0.4) is 0 Å². The van der Waals surface area contributed by atoms with Gasteiger partial charge in [-0.25, -0.2) is 9.98 Å². The Morgan fingerprint density at radius 1 is 0.944 bits per heavy atom. The minimum atomic E-state index is -1.26. The lowest BCUT2D eigenvalue weighted by Gasteiger charge is -2.20. The van der Waals surface area contributed by atoms with Crippen LogP contribution in [-0.2, 0) is 0 Å². The maximum atomic E-state index is 9.70. The number of nitrogens with zero attached hydrogens (tertiary/aromatic N) is 2. The maximum absolute atomic E-state index is 9.70. The lowest BCUT2D eigenvalue weighted by molar-refractivity contribution is 0.469. The van der Waals surface area contributed by atoms with Gasteiger partial charge >= 0.3 is 0 Å². The molecule has 4 N–H and O–H groups in total. The van der Waals surface area contributed by atoms with Gasteiger partial charge in [-0.3, -0.25) is 5.73 Å². The van der Waals surface area contributed by atoms with Gasteiger partial charge in [0.25, 0.3) is 5.91 Å². The fourth-order valence-corrected chi connectivity index (χ4v) is 1.88. The van der Waals surface area contributed by atoms with Crippen molar-refractivity contribution in [1.29, 1.82) is 0 Å². The number of nitrogens with one attached hydrogen (secondary N) is 1. The number of benzene rings is 2. The standard InChI is InChI=1S/C13H12N4O/c14-13(17-11-7-3-4-8-12(11)18)15-9-5-1-2-6-10(9)16-13/h1-8,17-18H,14H2. The van der Waals surface area contributed by atoms with Gasteiger partial charge in [-0.2, -0.15) is 0 Å². The number of aromatic hydroxyl groups is 1. The molecular formula is C13H12N4O. The zero-order valence-electron chi connectivity index (χ0n) is 9.54. The van der Waals surface area contributed by atoms with Gasteiger partial charge in [0.05, 0.1) is 16.4 Å². The summed E-state index contributed by atoms with van der Waals surface area (Å²) in [6.07, 6.45) is 0. The minimum Gasteiger partial charge on any atom is -0.506 e. The smallest absolute Gasteiger partial charge is 0.285 e. The van der Waals surface area contributed by atoms with Gasteiger partial charge in [0.1, 0.15) is 5.75 Å². The molecule has 0 fully saturated rings. The summed E-state index contributed by atoms with van der Waals surface area (Å²) in [5.41, 5.74) is 6.55. The summed E-state index contributed by atoms with van der Waals surface area (Å²) >= 11 is 0. The number of phenols is 1. The first-order chi connectivity index (χ1) is 8.66. The monoisotopic (exact) mass is 240 g/mol. The fourth-order valence-electron chi connectivity index (χ4n) is 1.88. The fraction of sp³-hybridized carbons (Fsp3) is 0.0769. The Morgan fingerprint density at radius 3 is 2.11 bits per heavy atom. The second kappa shape index (κ2) is 3.82. The van der Waals surface area contributed by atoms with Gasteiger partial charge in [-0.05, 0) is 24.3 Å². The van der Waals surface area contributed by atoms with Crippen molar-refractivity contribution in [3.8, 4) is 5.75 Å². The summed E-state index contributed by atoms with van der Waals surface area (Å²) in [5, 5.41) is 14.1. The zero-order chi connectivity index (χ0) is 12.6. The number of rotatable bonds is 2. The van der Waals surface area contributed by atoms with E-state index in [4.69, 9.17) is 5.73 Å². The number of hydrogen-bond donors (Lipinski definition) is 3. The van der Waals surface area contributed by atoms with Crippen molar-refractivity contribution in [1.82, 2.24) is 0 Å². The van der Waals surface area contributed by atoms with E-state index < -0.39 is 5.91 Å². The van der Waals surface area contributed by atoms with Crippen LogP contribution in [0.25, 0.3) is 0 Å². The number of phenolic OH excluding ortho intramolecular Hbond substituents is 1. The molecule has 90 valence electrons.